The molecule has 0 aromatic heterocycles. The topological polar surface area (TPSA) is 213 Å². The third-order valence-corrected chi connectivity index (χ3v) is 2.01. The summed E-state index contributed by atoms with van der Waals surface area (Å²) in [5, 5.41) is 27.4. The van der Waals surface area contributed by atoms with Crippen LogP contribution in [0.15, 0.2) is 23.2 Å². The molecule has 1 aromatic rings. The maximum atomic E-state index is 10.7. The predicted molar refractivity (Wildman–Crippen MR) is 71.0 cm³/mol. The molecule has 0 heterocycles. The number of guanidine groups is 2. The minimum absolute atomic E-state index is 0.113. The first-order chi connectivity index (χ1) is 9.72. The Bertz CT molecular complexity index is 625. The minimum Gasteiger partial charge on any atom is -0.370 e. The van der Waals surface area contributed by atoms with Gasteiger partial charge in [-0.05, 0) is 6.07 Å². The van der Waals surface area contributed by atoms with Crippen LogP contribution in [0.5, 0.6) is 0 Å². The zero-order chi connectivity index (χ0) is 16.2. The molecule has 1 aromatic carbocycles. The molecule has 13 nitrogen and oxygen atoms in total. The molecular weight excluding hydrogens is 288 g/mol. The van der Waals surface area contributed by atoms with Gasteiger partial charge in [0.15, 0.2) is 5.96 Å². The molecule has 0 saturated carbocycles. The second-order valence-corrected chi connectivity index (χ2v) is 3.45. The first-order valence-corrected chi connectivity index (χ1v) is 5.07. The van der Waals surface area contributed by atoms with Crippen molar-refractivity contribution in [2.45, 2.75) is 0 Å². The quantitative estimate of drug-likeness (QED) is 0.234. The van der Waals surface area contributed by atoms with Crippen molar-refractivity contribution in [1.29, 1.82) is 5.41 Å². The smallest absolute Gasteiger partial charge is 0.317 e. The highest BCUT2D eigenvalue weighted by Crippen LogP contribution is 2.32. The molecule has 0 aliphatic rings. The highest BCUT2D eigenvalue weighted by atomic mass is 17.0. The maximum Gasteiger partial charge on any atom is 0.317 e. The Labute approximate surface area is 116 Å². The molecule has 13 heteroatoms. The zero-order valence-electron chi connectivity index (χ0n) is 10.3. The van der Waals surface area contributed by atoms with Gasteiger partial charge in [-0.2, -0.15) is 4.94 Å². The number of anilines is 1. The minimum atomic E-state index is -1.25. The molecule has 0 spiro atoms. The van der Waals surface area contributed by atoms with E-state index in [0.717, 1.165) is 18.2 Å². The second-order valence-electron chi connectivity index (χ2n) is 3.45. The third-order valence-electron chi connectivity index (χ3n) is 2.01. The molecule has 0 aliphatic heterocycles. The van der Waals surface area contributed by atoms with Gasteiger partial charge in [0.25, 0.3) is 5.69 Å². The molecule has 112 valence electrons. The van der Waals surface area contributed by atoms with Crippen molar-refractivity contribution in [2.75, 3.05) is 5.06 Å². The number of nitro benzene ring substituents is 1. The lowest BCUT2D eigenvalue weighted by Crippen LogP contribution is -2.38. The molecule has 7 N–H and O–H groups in total. The number of hydrogen-bond donors (Lipinski definition) is 4. The Kier molecular flexibility index (Phi) is 4.41. The molecule has 0 fully saturated rings. The Hall–Kier alpha value is -3.64. The summed E-state index contributed by atoms with van der Waals surface area (Å²) in [6.07, 6.45) is 0. The van der Waals surface area contributed by atoms with E-state index in [-0.39, 0.29) is 16.4 Å². The van der Waals surface area contributed by atoms with Gasteiger partial charge in [0, 0.05) is 12.1 Å². The number of aliphatic imine (C=N–C) groups is 1. The maximum absolute atomic E-state index is 10.7. The highest BCUT2D eigenvalue weighted by molar-refractivity contribution is 5.95. The standard InChI is InChI=1S/C8H10N8O5/c9-7(10)13-5-2-1-4(15(17)18)3-6(5)14(8(11)12)21-16(19)20/h1-3H,(H3,11,12)(H4,9,10,13). The van der Waals surface area contributed by atoms with Crippen LogP contribution >= 0.6 is 0 Å². The van der Waals surface area contributed by atoms with Gasteiger partial charge < -0.3 is 17.2 Å². The van der Waals surface area contributed by atoms with Gasteiger partial charge in [-0.15, -0.1) is 15.2 Å². The van der Waals surface area contributed by atoms with E-state index in [1.165, 1.54) is 0 Å². The number of benzene rings is 1. The molecule has 0 amide bonds. The molecule has 0 unspecified atom stereocenters. The van der Waals surface area contributed by atoms with Crippen molar-refractivity contribution in [1.82, 2.24) is 0 Å². The van der Waals surface area contributed by atoms with Gasteiger partial charge in [-0.25, -0.2) is 4.99 Å². The SMILES string of the molecule is N=C(N)N(O[N+](=O)[O-])c1cc([N+](=O)[O-])ccc1N=C(N)N. The van der Waals surface area contributed by atoms with Crippen LogP contribution in [0.2, 0.25) is 0 Å². The summed E-state index contributed by atoms with van der Waals surface area (Å²) < 4.78 is 0. The summed E-state index contributed by atoms with van der Waals surface area (Å²) in [6, 6.07) is 3.05. The number of non-ortho nitro benzene ring substituents is 1. The molecule has 21 heavy (non-hydrogen) atoms. The lowest BCUT2D eigenvalue weighted by molar-refractivity contribution is -0.758. The van der Waals surface area contributed by atoms with E-state index in [0.29, 0.717) is 0 Å². The van der Waals surface area contributed by atoms with Crippen LogP contribution in [0.3, 0.4) is 0 Å². The summed E-state index contributed by atoms with van der Waals surface area (Å²) in [6.45, 7) is 0. The van der Waals surface area contributed by atoms with Gasteiger partial charge in [-0.1, -0.05) is 0 Å². The van der Waals surface area contributed by atoms with Crippen LogP contribution in [0.25, 0.3) is 0 Å². The predicted octanol–water partition coefficient (Wildman–Crippen LogP) is -0.677. The lowest BCUT2D eigenvalue weighted by atomic mass is 10.2. The molecule has 0 saturated heterocycles. The molecule has 0 radical (unpaired) electrons. The summed E-state index contributed by atoms with van der Waals surface area (Å²) in [4.78, 5) is 28.1. The fourth-order valence-corrected chi connectivity index (χ4v) is 1.31. The Balaban J connectivity index is 3.48. The molecule has 0 atom stereocenters. The van der Waals surface area contributed by atoms with Crippen LogP contribution in [0.1, 0.15) is 0 Å². The van der Waals surface area contributed by atoms with Gasteiger partial charge in [0.2, 0.25) is 5.96 Å². The Morgan fingerprint density at radius 3 is 2.33 bits per heavy atom. The number of nitrogens with one attached hydrogen (secondary N) is 1. The molecule has 0 bridgehead atoms. The van der Waals surface area contributed by atoms with E-state index in [9.17, 15) is 20.2 Å². The average molecular weight is 298 g/mol. The number of hydrogen-bond acceptors (Lipinski definition) is 7. The first kappa shape index (κ1) is 15.4. The number of hydroxylamine groups is 1. The van der Waals surface area contributed by atoms with Crippen molar-refractivity contribution in [3.63, 3.8) is 0 Å². The number of nitro groups is 1. The van der Waals surface area contributed by atoms with Gasteiger partial charge >= 0.3 is 5.09 Å². The Morgan fingerprint density at radius 1 is 1.29 bits per heavy atom. The van der Waals surface area contributed by atoms with Gasteiger partial charge in [0.1, 0.15) is 5.69 Å². The largest absolute Gasteiger partial charge is 0.370 e. The molecule has 1 rings (SSSR count). The van der Waals surface area contributed by atoms with E-state index < -0.39 is 27.6 Å². The number of nitrogens with zero attached hydrogens (tertiary/aromatic N) is 4. The van der Waals surface area contributed by atoms with Crippen LogP contribution < -0.4 is 22.3 Å². The summed E-state index contributed by atoms with van der Waals surface area (Å²) in [7, 11) is 0. The van der Waals surface area contributed by atoms with Gasteiger partial charge in [0.05, 0.1) is 10.6 Å². The number of nitrogens with two attached hydrogens (primary N) is 3. The van der Waals surface area contributed by atoms with Crippen molar-refractivity contribution in [3.8, 4) is 0 Å². The normalized spacial score (nSPS) is 9.52. The van der Waals surface area contributed by atoms with Crippen LogP contribution in [0, 0.1) is 25.6 Å². The fraction of sp³-hybridized carbons (Fsp3) is 0. The van der Waals surface area contributed by atoms with E-state index in [4.69, 9.17) is 22.6 Å². The Morgan fingerprint density at radius 2 is 1.90 bits per heavy atom. The van der Waals surface area contributed by atoms with Crippen molar-refractivity contribution in [2.24, 2.45) is 22.2 Å². The van der Waals surface area contributed by atoms with Gasteiger partial charge in [-0.3, -0.25) is 15.5 Å². The van der Waals surface area contributed by atoms with Crippen molar-refractivity contribution >= 4 is 29.0 Å². The molecular formula is C8H10N8O5. The monoisotopic (exact) mass is 298 g/mol. The second kappa shape index (κ2) is 6.00. The van der Waals surface area contributed by atoms with Crippen LogP contribution in [-0.2, 0) is 4.94 Å². The van der Waals surface area contributed by atoms with Crippen LogP contribution in [0.4, 0.5) is 17.1 Å². The van der Waals surface area contributed by atoms with E-state index in [1.54, 1.807) is 0 Å². The van der Waals surface area contributed by atoms with Crippen LogP contribution in [-0.4, -0.2) is 21.9 Å². The van der Waals surface area contributed by atoms with Crippen molar-refractivity contribution < 1.29 is 14.9 Å². The summed E-state index contributed by atoms with van der Waals surface area (Å²) in [5.74, 6) is -1.31. The number of rotatable bonds is 5. The van der Waals surface area contributed by atoms with Crippen molar-refractivity contribution in [3.05, 3.63) is 38.4 Å². The third kappa shape index (κ3) is 3.91. The fourth-order valence-electron chi connectivity index (χ4n) is 1.31. The average Bonchev–Trinajstić information content (AvgIpc) is 2.35. The molecule has 0 aliphatic carbocycles. The highest BCUT2D eigenvalue weighted by Gasteiger charge is 2.21. The lowest BCUT2D eigenvalue weighted by Gasteiger charge is -2.19. The van der Waals surface area contributed by atoms with E-state index >= 15 is 0 Å². The zero-order valence-corrected chi connectivity index (χ0v) is 10.3. The summed E-state index contributed by atoms with van der Waals surface area (Å²) >= 11 is 0. The summed E-state index contributed by atoms with van der Waals surface area (Å²) in [5.41, 5.74) is 14.6. The van der Waals surface area contributed by atoms with E-state index in [2.05, 4.69) is 9.93 Å². The van der Waals surface area contributed by atoms with E-state index in [1.807, 2.05) is 0 Å². The first-order valence-electron chi connectivity index (χ1n) is 5.07.